The third-order valence-electron chi connectivity index (χ3n) is 4.74. The Bertz CT molecular complexity index is 460. The van der Waals surface area contributed by atoms with Crippen molar-refractivity contribution in [1.29, 1.82) is 0 Å². The molecule has 3 heteroatoms. The molecule has 1 fully saturated rings. The third kappa shape index (κ3) is 2.70. The minimum absolute atomic E-state index is 0.250. The Morgan fingerprint density at radius 1 is 1.20 bits per heavy atom. The molecule has 0 amide bonds. The molecule has 2 rings (SSSR count). The average molecular weight is 277 g/mol. The van der Waals surface area contributed by atoms with E-state index in [9.17, 15) is 0 Å². The number of benzene rings is 1. The van der Waals surface area contributed by atoms with Gasteiger partial charge in [-0.25, -0.2) is 0 Å². The molecule has 0 saturated carbocycles. The highest BCUT2D eigenvalue weighted by atomic mass is 16.5. The van der Waals surface area contributed by atoms with Crippen molar-refractivity contribution in [3.8, 4) is 5.75 Å². The van der Waals surface area contributed by atoms with Gasteiger partial charge in [0.2, 0.25) is 0 Å². The van der Waals surface area contributed by atoms with E-state index in [4.69, 9.17) is 9.47 Å². The second-order valence-corrected chi connectivity index (χ2v) is 5.99. The summed E-state index contributed by atoms with van der Waals surface area (Å²) < 4.78 is 11.6. The van der Waals surface area contributed by atoms with Gasteiger partial charge in [-0.2, -0.15) is 0 Å². The first kappa shape index (κ1) is 15.3. The number of rotatable bonds is 4. The van der Waals surface area contributed by atoms with E-state index < -0.39 is 0 Å². The molecule has 1 aliphatic heterocycles. The number of hydrogen-bond acceptors (Lipinski definition) is 3. The van der Waals surface area contributed by atoms with E-state index in [0.717, 1.165) is 5.75 Å². The summed E-state index contributed by atoms with van der Waals surface area (Å²) in [5, 5.41) is 3.48. The summed E-state index contributed by atoms with van der Waals surface area (Å²) in [5.74, 6) is 1.92. The monoisotopic (exact) mass is 277 g/mol. The van der Waals surface area contributed by atoms with Crippen LogP contribution < -0.4 is 10.1 Å². The normalized spacial score (nSPS) is 31.3. The smallest absolute Gasteiger partial charge is 0.123 e. The zero-order chi connectivity index (χ0) is 14.9. The molecule has 0 radical (unpaired) electrons. The van der Waals surface area contributed by atoms with Gasteiger partial charge in [0.1, 0.15) is 5.75 Å². The highest BCUT2D eigenvalue weighted by Gasteiger charge is 2.42. The molecule has 0 bridgehead atoms. The Balaban J connectivity index is 2.40. The molecule has 1 N–H and O–H groups in total. The van der Waals surface area contributed by atoms with E-state index >= 15 is 0 Å². The van der Waals surface area contributed by atoms with Crippen molar-refractivity contribution in [3.05, 3.63) is 29.3 Å². The van der Waals surface area contributed by atoms with Crippen LogP contribution in [0.3, 0.4) is 0 Å². The van der Waals surface area contributed by atoms with Gasteiger partial charge >= 0.3 is 0 Å². The van der Waals surface area contributed by atoms with Crippen LogP contribution in [-0.2, 0) is 4.74 Å². The first-order valence-electron chi connectivity index (χ1n) is 7.46. The molecule has 5 atom stereocenters. The molecule has 0 spiro atoms. The minimum Gasteiger partial charge on any atom is -0.496 e. The number of ether oxygens (including phenoxy) is 2. The highest BCUT2D eigenvalue weighted by Crippen LogP contribution is 2.42. The van der Waals surface area contributed by atoms with Crippen molar-refractivity contribution in [2.75, 3.05) is 14.2 Å². The molecular weight excluding hydrogens is 250 g/mol. The van der Waals surface area contributed by atoms with Crippen molar-refractivity contribution in [2.45, 2.75) is 45.9 Å². The molecule has 20 heavy (non-hydrogen) atoms. The van der Waals surface area contributed by atoms with Crippen LogP contribution >= 0.6 is 0 Å². The number of nitrogens with one attached hydrogen (secondary N) is 1. The lowest BCUT2D eigenvalue weighted by Gasteiger charge is -2.30. The van der Waals surface area contributed by atoms with Gasteiger partial charge in [0.15, 0.2) is 0 Å². The van der Waals surface area contributed by atoms with Crippen LogP contribution in [0.2, 0.25) is 0 Å². The molecule has 1 saturated heterocycles. The lowest BCUT2D eigenvalue weighted by atomic mass is 9.80. The average Bonchev–Trinajstić information content (AvgIpc) is 2.67. The van der Waals surface area contributed by atoms with Crippen LogP contribution in [-0.4, -0.2) is 26.4 Å². The first-order chi connectivity index (χ1) is 9.49. The SMILES string of the molecule is CNC(c1cc(C)ccc1OC)C1C(C)OC(C)C1C. The third-order valence-corrected chi connectivity index (χ3v) is 4.74. The molecule has 0 aliphatic carbocycles. The summed E-state index contributed by atoms with van der Waals surface area (Å²) in [6, 6.07) is 6.63. The summed E-state index contributed by atoms with van der Waals surface area (Å²) in [4.78, 5) is 0. The molecule has 1 aliphatic rings. The Kier molecular flexibility index (Phi) is 4.71. The predicted octanol–water partition coefficient (Wildman–Crippen LogP) is 3.32. The number of hydrogen-bond donors (Lipinski definition) is 1. The molecule has 112 valence electrons. The Morgan fingerprint density at radius 3 is 2.40 bits per heavy atom. The van der Waals surface area contributed by atoms with Gasteiger partial charge in [-0.05, 0) is 39.8 Å². The zero-order valence-electron chi connectivity index (χ0n) is 13.4. The Morgan fingerprint density at radius 2 is 1.90 bits per heavy atom. The van der Waals surface area contributed by atoms with E-state index in [-0.39, 0.29) is 12.1 Å². The van der Waals surface area contributed by atoms with Crippen molar-refractivity contribution in [2.24, 2.45) is 11.8 Å². The van der Waals surface area contributed by atoms with Gasteiger partial charge in [-0.15, -0.1) is 0 Å². The molecule has 5 unspecified atom stereocenters. The maximum atomic E-state index is 6.01. The minimum atomic E-state index is 0.250. The van der Waals surface area contributed by atoms with Crippen LogP contribution in [0.15, 0.2) is 18.2 Å². The van der Waals surface area contributed by atoms with Gasteiger partial charge < -0.3 is 14.8 Å². The van der Waals surface area contributed by atoms with E-state index in [1.165, 1.54) is 11.1 Å². The predicted molar refractivity (Wildman–Crippen MR) is 82.2 cm³/mol. The maximum Gasteiger partial charge on any atom is 0.123 e. The highest BCUT2D eigenvalue weighted by molar-refractivity contribution is 5.39. The maximum absolute atomic E-state index is 6.01. The van der Waals surface area contributed by atoms with E-state index in [2.05, 4.69) is 51.2 Å². The fourth-order valence-corrected chi connectivity index (χ4v) is 3.52. The number of aryl methyl sites for hydroxylation is 1. The summed E-state index contributed by atoms with van der Waals surface area (Å²) in [6.07, 6.45) is 0.560. The van der Waals surface area contributed by atoms with Gasteiger partial charge in [0.05, 0.1) is 19.3 Å². The van der Waals surface area contributed by atoms with Gasteiger partial charge in [-0.1, -0.05) is 24.6 Å². The van der Waals surface area contributed by atoms with Crippen molar-refractivity contribution >= 4 is 0 Å². The lowest BCUT2D eigenvalue weighted by molar-refractivity contribution is 0.0477. The molecule has 1 aromatic rings. The lowest BCUT2D eigenvalue weighted by Crippen LogP contribution is -2.33. The molecule has 3 nitrogen and oxygen atoms in total. The van der Waals surface area contributed by atoms with Crippen LogP contribution in [0.4, 0.5) is 0 Å². The van der Waals surface area contributed by atoms with Crippen molar-refractivity contribution < 1.29 is 9.47 Å². The van der Waals surface area contributed by atoms with Crippen LogP contribution in [0, 0.1) is 18.8 Å². The summed E-state index contributed by atoms with van der Waals surface area (Å²) in [7, 11) is 3.76. The second kappa shape index (κ2) is 6.15. The largest absolute Gasteiger partial charge is 0.496 e. The quantitative estimate of drug-likeness (QED) is 0.915. The van der Waals surface area contributed by atoms with Gasteiger partial charge in [0, 0.05) is 17.5 Å². The van der Waals surface area contributed by atoms with Crippen LogP contribution in [0.5, 0.6) is 5.75 Å². The van der Waals surface area contributed by atoms with Crippen LogP contribution in [0.1, 0.15) is 37.9 Å². The van der Waals surface area contributed by atoms with Crippen molar-refractivity contribution in [1.82, 2.24) is 5.32 Å². The molecule has 1 heterocycles. The first-order valence-corrected chi connectivity index (χ1v) is 7.46. The number of methoxy groups -OCH3 is 1. The summed E-state index contributed by atoms with van der Waals surface area (Å²) >= 11 is 0. The Labute approximate surface area is 122 Å². The van der Waals surface area contributed by atoms with E-state index in [1.807, 2.05) is 7.05 Å². The molecule has 0 aromatic heterocycles. The van der Waals surface area contributed by atoms with E-state index in [0.29, 0.717) is 17.9 Å². The van der Waals surface area contributed by atoms with Gasteiger partial charge in [-0.3, -0.25) is 0 Å². The molecule has 1 aromatic carbocycles. The van der Waals surface area contributed by atoms with Crippen LogP contribution in [0.25, 0.3) is 0 Å². The summed E-state index contributed by atoms with van der Waals surface area (Å²) in [6.45, 7) is 8.75. The standard InChI is InChI=1S/C17H27NO2/c1-10-7-8-15(19-6)14(9-10)17(18-5)16-11(2)12(3)20-13(16)4/h7-9,11-13,16-18H,1-6H3. The second-order valence-electron chi connectivity index (χ2n) is 5.99. The fraction of sp³-hybridized carbons (Fsp3) is 0.647. The van der Waals surface area contributed by atoms with Crippen molar-refractivity contribution in [3.63, 3.8) is 0 Å². The topological polar surface area (TPSA) is 30.5 Å². The summed E-state index contributed by atoms with van der Waals surface area (Å²) in [5.41, 5.74) is 2.49. The van der Waals surface area contributed by atoms with Gasteiger partial charge in [0.25, 0.3) is 0 Å². The van der Waals surface area contributed by atoms with E-state index in [1.54, 1.807) is 7.11 Å². The fourth-order valence-electron chi connectivity index (χ4n) is 3.52. The molecular formula is C17H27NO2. The Hall–Kier alpha value is -1.06. The zero-order valence-corrected chi connectivity index (χ0v) is 13.4.